The van der Waals surface area contributed by atoms with Gasteiger partial charge in [-0.3, -0.25) is 14.4 Å². The lowest BCUT2D eigenvalue weighted by Crippen LogP contribution is -2.30. The van der Waals surface area contributed by atoms with Gasteiger partial charge < -0.3 is 14.2 Å². The molecule has 0 aliphatic heterocycles. The first kappa shape index (κ1) is 76.9. The smallest absolute Gasteiger partial charge is 0.306 e. The van der Waals surface area contributed by atoms with Gasteiger partial charge in [-0.15, -0.1) is 0 Å². The van der Waals surface area contributed by atoms with Crippen molar-refractivity contribution in [1.29, 1.82) is 0 Å². The summed E-state index contributed by atoms with van der Waals surface area (Å²) in [5.74, 6) is -0.844. The zero-order valence-electron chi connectivity index (χ0n) is 53.3. The van der Waals surface area contributed by atoms with E-state index < -0.39 is 6.10 Å². The Kier molecular flexibility index (Phi) is 65.7. The SMILES string of the molecule is CC/C=C\C/C=C\C/C=C\C/C=C\C/C=C\C/C=C\CCCCCCCCCCCCCCCCC(=O)OCC(COC(=O)CCCCCCCCCCCCCCCC)OC(=O)CCCCCCCCCCCCCCCCC. The van der Waals surface area contributed by atoms with Crippen molar-refractivity contribution in [3.05, 3.63) is 72.9 Å². The third-order valence-corrected chi connectivity index (χ3v) is 15.5. The number of unbranched alkanes of at least 4 members (excludes halogenated alkanes) is 41. The molecule has 0 radical (unpaired) electrons. The van der Waals surface area contributed by atoms with Gasteiger partial charge in [-0.2, -0.15) is 0 Å². The number of hydrogen-bond donors (Lipinski definition) is 0. The van der Waals surface area contributed by atoms with E-state index in [0.29, 0.717) is 19.3 Å². The summed E-state index contributed by atoms with van der Waals surface area (Å²) in [5, 5.41) is 0. The van der Waals surface area contributed by atoms with Crippen LogP contribution in [0.25, 0.3) is 0 Å². The molecular weight excluding hydrogens is 985 g/mol. The number of ether oxygens (including phenoxy) is 3. The number of carbonyl (C=O) groups is 3. The zero-order valence-corrected chi connectivity index (χ0v) is 53.3. The third kappa shape index (κ3) is 65.7. The molecule has 6 nitrogen and oxygen atoms in total. The number of esters is 3. The molecule has 0 aliphatic rings. The number of hydrogen-bond acceptors (Lipinski definition) is 6. The second-order valence-corrected chi connectivity index (χ2v) is 23.4. The van der Waals surface area contributed by atoms with E-state index in [2.05, 4.69) is 93.7 Å². The largest absolute Gasteiger partial charge is 0.462 e. The van der Waals surface area contributed by atoms with Gasteiger partial charge in [-0.25, -0.2) is 0 Å². The Labute approximate surface area is 497 Å². The first-order valence-electron chi connectivity index (χ1n) is 34.9. The molecule has 0 aromatic rings. The minimum Gasteiger partial charge on any atom is -0.462 e. The first-order valence-corrected chi connectivity index (χ1v) is 34.9. The third-order valence-electron chi connectivity index (χ3n) is 15.5. The lowest BCUT2D eigenvalue weighted by Gasteiger charge is -2.18. The summed E-state index contributed by atoms with van der Waals surface area (Å²) in [6.45, 7) is 6.58. The van der Waals surface area contributed by atoms with Crippen LogP contribution in [-0.4, -0.2) is 37.2 Å². The molecule has 80 heavy (non-hydrogen) atoms. The van der Waals surface area contributed by atoms with Gasteiger partial charge in [0, 0.05) is 19.3 Å². The predicted octanol–water partition coefficient (Wildman–Crippen LogP) is 24.1. The average molecular weight is 1120 g/mol. The molecule has 0 saturated carbocycles. The summed E-state index contributed by atoms with van der Waals surface area (Å²) in [6, 6.07) is 0. The van der Waals surface area contributed by atoms with E-state index in [1.54, 1.807) is 0 Å². The molecule has 0 amide bonds. The molecule has 1 unspecified atom stereocenters. The van der Waals surface area contributed by atoms with Gasteiger partial charge in [0.1, 0.15) is 13.2 Å². The second kappa shape index (κ2) is 68.3. The average Bonchev–Trinajstić information content (AvgIpc) is 3.46. The Bertz CT molecular complexity index is 1470. The van der Waals surface area contributed by atoms with Crippen molar-refractivity contribution in [3.63, 3.8) is 0 Å². The molecule has 0 rings (SSSR count). The van der Waals surface area contributed by atoms with E-state index in [1.165, 1.54) is 225 Å². The quantitative estimate of drug-likeness (QED) is 0.0261. The van der Waals surface area contributed by atoms with Gasteiger partial charge in [-0.1, -0.05) is 344 Å². The van der Waals surface area contributed by atoms with Crippen LogP contribution in [0, 0.1) is 0 Å². The summed E-state index contributed by atoms with van der Waals surface area (Å²) >= 11 is 0. The van der Waals surface area contributed by atoms with Crippen LogP contribution in [0.3, 0.4) is 0 Å². The van der Waals surface area contributed by atoms with E-state index in [0.717, 1.165) is 96.3 Å². The fourth-order valence-electron chi connectivity index (χ4n) is 10.3. The standard InChI is InChI=1S/C74H132O6/c1-4-7-10-13-16-19-22-25-28-29-30-31-32-33-34-35-36-37-38-39-40-41-42-43-44-45-47-49-52-55-58-61-64-67-73(76)79-70-71(69-78-72(75)66-63-60-57-54-51-48-27-24-21-18-15-12-9-6-3)80-74(77)68-65-62-59-56-53-50-46-26-23-20-17-14-11-8-5-2/h7,10,16,19,25,28,30-31,33-34,36-37,71H,4-6,8-9,11-15,17-18,20-24,26-27,29,32,35,38-70H2,1-3H3/b10-7-,19-16-,28-25-,31-30-,34-33-,37-36-. The van der Waals surface area contributed by atoms with Crippen molar-refractivity contribution in [2.24, 2.45) is 0 Å². The molecule has 0 heterocycles. The maximum atomic E-state index is 12.9. The van der Waals surface area contributed by atoms with Crippen LogP contribution in [-0.2, 0) is 28.6 Å². The van der Waals surface area contributed by atoms with Crippen LogP contribution < -0.4 is 0 Å². The van der Waals surface area contributed by atoms with Crippen LogP contribution in [0.5, 0.6) is 0 Å². The van der Waals surface area contributed by atoms with Gasteiger partial charge in [0.2, 0.25) is 0 Å². The molecule has 0 bridgehead atoms. The summed E-state index contributed by atoms with van der Waals surface area (Å²) in [7, 11) is 0. The topological polar surface area (TPSA) is 78.9 Å². The molecule has 6 heteroatoms. The van der Waals surface area contributed by atoms with Gasteiger partial charge in [0.05, 0.1) is 0 Å². The fraction of sp³-hybridized carbons (Fsp3) is 0.797. The van der Waals surface area contributed by atoms with Crippen LogP contribution in [0.15, 0.2) is 72.9 Å². The van der Waals surface area contributed by atoms with E-state index in [4.69, 9.17) is 14.2 Å². The number of carbonyl (C=O) groups excluding carboxylic acids is 3. The maximum Gasteiger partial charge on any atom is 0.306 e. The Morgan fingerprint density at radius 2 is 0.487 bits per heavy atom. The fourth-order valence-corrected chi connectivity index (χ4v) is 10.3. The minimum atomic E-state index is -0.771. The van der Waals surface area contributed by atoms with E-state index >= 15 is 0 Å². The number of allylic oxidation sites excluding steroid dienone is 12. The Balaban J connectivity index is 4.16. The highest BCUT2D eigenvalue weighted by molar-refractivity contribution is 5.71. The summed E-state index contributed by atoms with van der Waals surface area (Å²) < 4.78 is 17.0. The Morgan fingerprint density at radius 3 is 0.762 bits per heavy atom. The molecule has 0 aliphatic carbocycles. The van der Waals surface area contributed by atoms with Crippen LogP contribution in [0.2, 0.25) is 0 Å². The molecule has 0 aromatic heterocycles. The van der Waals surface area contributed by atoms with Crippen LogP contribution in [0.1, 0.15) is 361 Å². The van der Waals surface area contributed by atoms with Crippen molar-refractivity contribution in [1.82, 2.24) is 0 Å². The molecule has 0 N–H and O–H groups in total. The highest BCUT2D eigenvalue weighted by Crippen LogP contribution is 2.18. The monoisotopic (exact) mass is 1120 g/mol. The van der Waals surface area contributed by atoms with Crippen molar-refractivity contribution in [2.45, 2.75) is 367 Å². The van der Waals surface area contributed by atoms with Crippen molar-refractivity contribution < 1.29 is 28.6 Å². The van der Waals surface area contributed by atoms with Gasteiger partial charge in [-0.05, 0) is 70.6 Å². The molecule has 0 fully saturated rings. The van der Waals surface area contributed by atoms with Crippen LogP contribution in [0.4, 0.5) is 0 Å². The summed E-state index contributed by atoms with van der Waals surface area (Å²) in [4.78, 5) is 38.4. The Morgan fingerprint density at radius 1 is 0.263 bits per heavy atom. The van der Waals surface area contributed by atoms with E-state index in [1.807, 2.05) is 0 Å². The molecular formula is C74H132O6. The van der Waals surface area contributed by atoms with Crippen molar-refractivity contribution >= 4 is 17.9 Å². The highest BCUT2D eigenvalue weighted by atomic mass is 16.6. The van der Waals surface area contributed by atoms with E-state index in [9.17, 15) is 14.4 Å². The molecule has 0 spiro atoms. The van der Waals surface area contributed by atoms with E-state index in [-0.39, 0.29) is 31.1 Å². The summed E-state index contributed by atoms with van der Waals surface area (Å²) in [6.07, 6.45) is 89.3. The molecule has 0 aromatic carbocycles. The number of rotatable bonds is 64. The molecule has 0 saturated heterocycles. The van der Waals surface area contributed by atoms with Crippen molar-refractivity contribution in [2.75, 3.05) is 13.2 Å². The van der Waals surface area contributed by atoms with Gasteiger partial charge in [0.15, 0.2) is 6.10 Å². The minimum absolute atomic E-state index is 0.0678. The molecule has 464 valence electrons. The van der Waals surface area contributed by atoms with Gasteiger partial charge in [0.25, 0.3) is 0 Å². The Hall–Kier alpha value is -3.15. The van der Waals surface area contributed by atoms with Crippen LogP contribution >= 0.6 is 0 Å². The predicted molar refractivity (Wildman–Crippen MR) is 348 cm³/mol. The lowest BCUT2D eigenvalue weighted by atomic mass is 10.0. The first-order chi connectivity index (χ1) is 39.5. The second-order valence-electron chi connectivity index (χ2n) is 23.4. The van der Waals surface area contributed by atoms with Gasteiger partial charge >= 0.3 is 17.9 Å². The summed E-state index contributed by atoms with van der Waals surface area (Å²) in [5.41, 5.74) is 0. The normalized spacial score (nSPS) is 12.5. The lowest BCUT2D eigenvalue weighted by molar-refractivity contribution is -0.167. The van der Waals surface area contributed by atoms with Crippen molar-refractivity contribution in [3.8, 4) is 0 Å². The maximum absolute atomic E-state index is 12.9. The molecule has 1 atom stereocenters. The highest BCUT2D eigenvalue weighted by Gasteiger charge is 2.19. The zero-order chi connectivity index (χ0) is 57.8.